The average Bonchev–Trinajstić information content (AvgIpc) is 2.96. The van der Waals surface area contributed by atoms with Gasteiger partial charge in [-0.1, -0.05) is 42.5 Å². The van der Waals surface area contributed by atoms with Crippen LogP contribution in [0, 0.1) is 3.57 Å². The number of carbonyl (C=O) groups excluding carboxylic acids is 2. The number of nitrogens with one attached hydrogen (secondary N) is 2. The van der Waals surface area contributed by atoms with E-state index in [0.717, 1.165) is 28.6 Å². The van der Waals surface area contributed by atoms with Crippen LogP contribution in [0.3, 0.4) is 0 Å². The number of urea groups is 1. The first-order valence-corrected chi connectivity index (χ1v) is 11.0. The maximum absolute atomic E-state index is 12.6. The fraction of sp³-hybridized carbons (Fsp3) is 0.364. The van der Waals surface area contributed by atoms with E-state index in [0.29, 0.717) is 32.7 Å². The number of benzene rings is 2. The zero-order valence-corrected chi connectivity index (χ0v) is 18.6. The number of amides is 3. The van der Waals surface area contributed by atoms with Crippen molar-refractivity contribution in [1.29, 1.82) is 0 Å². The van der Waals surface area contributed by atoms with Gasteiger partial charge in [-0.2, -0.15) is 0 Å². The smallest absolute Gasteiger partial charge is 0.321 e. The van der Waals surface area contributed by atoms with Crippen molar-refractivity contribution in [2.75, 3.05) is 44.6 Å². The molecule has 3 amide bonds. The molecule has 2 aromatic carbocycles. The monoisotopic (exact) mass is 506 g/mol. The molecule has 0 radical (unpaired) electrons. The van der Waals surface area contributed by atoms with E-state index in [-0.39, 0.29) is 11.9 Å². The Morgan fingerprint density at radius 2 is 1.69 bits per heavy atom. The molecule has 0 aromatic heterocycles. The molecule has 154 valence electrons. The van der Waals surface area contributed by atoms with Gasteiger partial charge in [-0.15, -0.1) is 0 Å². The van der Waals surface area contributed by atoms with Crippen LogP contribution in [0.1, 0.15) is 12.0 Å². The predicted octanol–water partition coefficient (Wildman–Crippen LogP) is 3.19. The molecule has 3 rings (SSSR count). The van der Waals surface area contributed by atoms with Crippen LogP contribution >= 0.6 is 22.6 Å². The van der Waals surface area contributed by atoms with Crippen molar-refractivity contribution in [2.24, 2.45) is 0 Å². The summed E-state index contributed by atoms with van der Waals surface area (Å²) in [6, 6.07) is 17.8. The van der Waals surface area contributed by atoms with Crippen LogP contribution in [-0.2, 0) is 11.2 Å². The Hall–Kier alpha value is -2.13. The van der Waals surface area contributed by atoms with E-state index in [4.69, 9.17) is 0 Å². The third-order valence-corrected chi connectivity index (χ3v) is 5.88. The molecule has 2 N–H and O–H groups in total. The number of para-hydroxylation sites is 1. The zero-order chi connectivity index (χ0) is 20.5. The Morgan fingerprint density at radius 3 is 2.48 bits per heavy atom. The number of hydrogen-bond acceptors (Lipinski definition) is 3. The van der Waals surface area contributed by atoms with Crippen LogP contribution < -0.4 is 10.6 Å². The normalized spacial score (nSPS) is 14.9. The molecule has 0 spiro atoms. The first-order chi connectivity index (χ1) is 14.1. The standard InChI is InChI=1S/C22H27IN4O2/c23-19-9-4-5-10-20(19)25-22(29)27-14-6-13-26(15-16-27)17-21(28)24-12-11-18-7-2-1-3-8-18/h1-5,7-10H,6,11-17H2,(H,24,28)(H,25,29). The molecular weight excluding hydrogens is 479 g/mol. The van der Waals surface area contributed by atoms with E-state index < -0.39 is 0 Å². The van der Waals surface area contributed by atoms with Gasteiger partial charge in [-0.05, 0) is 53.1 Å². The highest BCUT2D eigenvalue weighted by Crippen LogP contribution is 2.17. The second-order valence-corrected chi connectivity index (χ2v) is 8.27. The third kappa shape index (κ3) is 7.01. The van der Waals surface area contributed by atoms with Gasteiger partial charge in [0.15, 0.2) is 0 Å². The van der Waals surface area contributed by atoms with E-state index in [2.05, 4.69) is 50.3 Å². The minimum Gasteiger partial charge on any atom is -0.355 e. The molecule has 1 aliphatic rings. The van der Waals surface area contributed by atoms with Crippen LogP contribution in [0.25, 0.3) is 0 Å². The molecule has 1 saturated heterocycles. The van der Waals surface area contributed by atoms with Crippen LogP contribution in [0.5, 0.6) is 0 Å². The Labute approximate surface area is 185 Å². The molecule has 1 aliphatic heterocycles. The summed E-state index contributed by atoms with van der Waals surface area (Å²) in [5.74, 6) is 0.0395. The van der Waals surface area contributed by atoms with Crippen LogP contribution in [0.2, 0.25) is 0 Å². The second-order valence-electron chi connectivity index (χ2n) is 7.11. The lowest BCUT2D eigenvalue weighted by molar-refractivity contribution is -0.122. The molecule has 7 heteroatoms. The zero-order valence-electron chi connectivity index (χ0n) is 16.4. The van der Waals surface area contributed by atoms with Gasteiger partial charge < -0.3 is 15.5 Å². The van der Waals surface area contributed by atoms with Crippen LogP contribution in [-0.4, -0.2) is 61.0 Å². The van der Waals surface area contributed by atoms with Crippen molar-refractivity contribution in [3.63, 3.8) is 0 Å². The maximum Gasteiger partial charge on any atom is 0.321 e. The quantitative estimate of drug-likeness (QED) is 0.592. The Kier molecular flexibility index (Phi) is 8.30. The molecule has 0 atom stereocenters. The minimum absolute atomic E-state index is 0.0395. The molecule has 0 saturated carbocycles. The van der Waals surface area contributed by atoms with E-state index >= 15 is 0 Å². The summed E-state index contributed by atoms with van der Waals surface area (Å²) in [7, 11) is 0. The van der Waals surface area contributed by atoms with Gasteiger partial charge in [0.25, 0.3) is 0 Å². The first-order valence-electron chi connectivity index (χ1n) is 9.95. The lowest BCUT2D eigenvalue weighted by Crippen LogP contribution is -2.41. The Morgan fingerprint density at radius 1 is 0.931 bits per heavy atom. The molecule has 1 heterocycles. The number of rotatable bonds is 6. The third-order valence-electron chi connectivity index (χ3n) is 4.94. The number of carbonyl (C=O) groups is 2. The summed E-state index contributed by atoms with van der Waals surface area (Å²) in [5, 5.41) is 5.99. The molecule has 0 aliphatic carbocycles. The van der Waals surface area contributed by atoms with Gasteiger partial charge in [0, 0.05) is 36.3 Å². The first kappa shape index (κ1) is 21.6. The molecular formula is C22H27IN4O2. The number of hydrogen-bond donors (Lipinski definition) is 2. The summed E-state index contributed by atoms with van der Waals surface area (Å²) >= 11 is 2.22. The van der Waals surface area contributed by atoms with Crippen molar-refractivity contribution in [3.8, 4) is 0 Å². The fourth-order valence-electron chi connectivity index (χ4n) is 3.34. The van der Waals surface area contributed by atoms with E-state index in [1.165, 1.54) is 5.56 Å². The summed E-state index contributed by atoms with van der Waals surface area (Å²) in [6.07, 6.45) is 1.69. The Balaban J connectivity index is 1.40. The van der Waals surface area contributed by atoms with Crippen LogP contribution in [0.15, 0.2) is 54.6 Å². The molecule has 6 nitrogen and oxygen atoms in total. The van der Waals surface area contributed by atoms with E-state index in [9.17, 15) is 9.59 Å². The number of halogens is 1. The highest BCUT2D eigenvalue weighted by molar-refractivity contribution is 14.1. The lowest BCUT2D eigenvalue weighted by atomic mass is 10.1. The molecule has 2 aromatic rings. The SMILES string of the molecule is O=C(CN1CCCN(C(=O)Nc2ccccc2I)CC1)NCCc1ccccc1. The van der Waals surface area contributed by atoms with Gasteiger partial charge in [0.05, 0.1) is 12.2 Å². The molecule has 0 bridgehead atoms. The number of nitrogens with zero attached hydrogens (tertiary/aromatic N) is 2. The van der Waals surface area contributed by atoms with Gasteiger partial charge in [-0.25, -0.2) is 4.79 Å². The topological polar surface area (TPSA) is 64.7 Å². The Bertz CT molecular complexity index is 815. The van der Waals surface area contributed by atoms with Crippen molar-refractivity contribution in [2.45, 2.75) is 12.8 Å². The largest absolute Gasteiger partial charge is 0.355 e. The summed E-state index contributed by atoms with van der Waals surface area (Å²) in [4.78, 5) is 28.8. The van der Waals surface area contributed by atoms with Crippen molar-refractivity contribution >= 4 is 40.2 Å². The van der Waals surface area contributed by atoms with Gasteiger partial charge >= 0.3 is 6.03 Å². The summed E-state index contributed by atoms with van der Waals surface area (Å²) < 4.78 is 1.02. The summed E-state index contributed by atoms with van der Waals surface area (Å²) in [6.45, 7) is 3.85. The van der Waals surface area contributed by atoms with E-state index in [1.807, 2.05) is 47.4 Å². The van der Waals surface area contributed by atoms with Crippen molar-refractivity contribution < 1.29 is 9.59 Å². The highest BCUT2D eigenvalue weighted by atomic mass is 127. The fourth-order valence-corrected chi connectivity index (χ4v) is 3.86. The van der Waals surface area contributed by atoms with Crippen LogP contribution in [0.4, 0.5) is 10.5 Å². The molecule has 29 heavy (non-hydrogen) atoms. The van der Waals surface area contributed by atoms with Gasteiger partial charge in [0.1, 0.15) is 0 Å². The predicted molar refractivity (Wildman–Crippen MR) is 124 cm³/mol. The van der Waals surface area contributed by atoms with Gasteiger partial charge in [-0.3, -0.25) is 9.69 Å². The maximum atomic E-state index is 12.6. The van der Waals surface area contributed by atoms with Crippen molar-refractivity contribution in [3.05, 3.63) is 63.7 Å². The number of anilines is 1. The lowest BCUT2D eigenvalue weighted by Gasteiger charge is -2.22. The summed E-state index contributed by atoms with van der Waals surface area (Å²) in [5.41, 5.74) is 2.05. The highest BCUT2D eigenvalue weighted by Gasteiger charge is 2.20. The minimum atomic E-state index is -0.0803. The second kappa shape index (κ2) is 11.2. The van der Waals surface area contributed by atoms with Gasteiger partial charge in [0.2, 0.25) is 5.91 Å². The molecule has 1 fully saturated rings. The van der Waals surface area contributed by atoms with E-state index in [1.54, 1.807) is 0 Å². The molecule has 0 unspecified atom stereocenters. The average molecular weight is 506 g/mol. The van der Waals surface area contributed by atoms with Crippen molar-refractivity contribution in [1.82, 2.24) is 15.1 Å².